The predicted octanol–water partition coefficient (Wildman–Crippen LogP) is 3.47. The molecule has 1 aliphatic rings. The number of aromatic amines is 1. The van der Waals surface area contributed by atoms with Crippen LogP contribution in [0, 0.1) is 17.2 Å². The number of nitrogens with zero attached hydrogens (tertiary/aromatic N) is 5. The Kier molecular flexibility index (Phi) is 7.45. The van der Waals surface area contributed by atoms with E-state index in [9.17, 15) is 14.9 Å². The van der Waals surface area contributed by atoms with E-state index in [4.69, 9.17) is 27.1 Å². The summed E-state index contributed by atoms with van der Waals surface area (Å²) >= 11 is 6.11. The molecule has 1 aromatic carbocycles. The second kappa shape index (κ2) is 10.7. The highest BCUT2D eigenvalue weighted by Gasteiger charge is 2.43. The number of amides is 1. The molecule has 1 unspecified atom stereocenters. The van der Waals surface area contributed by atoms with Crippen molar-refractivity contribution < 1.29 is 9.53 Å². The van der Waals surface area contributed by atoms with Crippen LogP contribution in [0.5, 0.6) is 5.88 Å². The van der Waals surface area contributed by atoms with Gasteiger partial charge in [-0.25, -0.2) is 9.98 Å². The third kappa shape index (κ3) is 4.81. The van der Waals surface area contributed by atoms with E-state index in [1.807, 2.05) is 13.8 Å². The fraction of sp³-hybridized carbons (Fsp3) is 0.231. The molecule has 0 saturated heterocycles. The first-order valence-corrected chi connectivity index (χ1v) is 12.0. The summed E-state index contributed by atoms with van der Waals surface area (Å²) in [5.74, 6) is -0.0759. The minimum absolute atomic E-state index is 0.0131. The van der Waals surface area contributed by atoms with E-state index >= 15 is 0 Å². The number of H-pyrrole nitrogens is 1. The van der Waals surface area contributed by atoms with E-state index in [2.05, 4.69) is 26.3 Å². The lowest BCUT2D eigenvalue weighted by atomic mass is 9.89. The Labute approximate surface area is 223 Å². The molecule has 0 radical (unpaired) electrons. The SMILES string of the molecule is CNc1ncc(N=C(C2=C(N)C(=O)N(c3c[nH]c(=O)c(Cl)c3)C2c2ccc(C#N)cc2)C(C)C)c(OC)n1. The Bertz CT molecular complexity index is 1550. The van der Waals surface area contributed by atoms with Crippen molar-refractivity contribution in [1.29, 1.82) is 5.26 Å². The summed E-state index contributed by atoms with van der Waals surface area (Å²) in [4.78, 5) is 42.9. The summed E-state index contributed by atoms with van der Waals surface area (Å²) in [5, 5.41) is 12.1. The van der Waals surface area contributed by atoms with Gasteiger partial charge in [0.05, 0.1) is 42.4 Å². The zero-order valence-electron chi connectivity index (χ0n) is 21.1. The molecule has 1 amide bonds. The van der Waals surface area contributed by atoms with Gasteiger partial charge >= 0.3 is 0 Å². The normalized spacial score (nSPS) is 15.7. The first kappa shape index (κ1) is 26.4. The van der Waals surface area contributed by atoms with Gasteiger partial charge in [0, 0.05) is 18.8 Å². The van der Waals surface area contributed by atoms with E-state index < -0.39 is 17.5 Å². The molecule has 38 heavy (non-hydrogen) atoms. The van der Waals surface area contributed by atoms with Crippen LogP contribution in [-0.2, 0) is 4.79 Å². The lowest BCUT2D eigenvalue weighted by molar-refractivity contribution is -0.114. The highest BCUT2D eigenvalue weighted by molar-refractivity contribution is 6.30. The van der Waals surface area contributed by atoms with E-state index in [0.29, 0.717) is 39.7 Å². The average molecular weight is 533 g/mol. The monoisotopic (exact) mass is 532 g/mol. The number of rotatable bonds is 7. The second-order valence-electron chi connectivity index (χ2n) is 8.66. The summed E-state index contributed by atoms with van der Waals surface area (Å²) in [6.45, 7) is 3.85. The summed E-state index contributed by atoms with van der Waals surface area (Å²) in [6.07, 6.45) is 2.92. The number of nitrogens with two attached hydrogens (primary N) is 1. The van der Waals surface area contributed by atoms with Crippen LogP contribution in [0.2, 0.25) is 5.02 Å². The summed E-state index contributed by atoms with van der Waals surface area (Å²) in [7, 11) is 3.16. The average Bonchev–Trinajstić information content (AvgIpc) is 3.18. The van der Waals surface area contributed by atoms with E-state index in [1.165, 1.54) is 30.5 Å². The van der Waals surface area contributed by atoms with Gasteiger partial charge < -0.3 is 20.8 Å². The molecule has 194 valence electrons. The van der Waals surface area contributed by atoms with Crippen LogP contribution < -0.4 is 26.2 Å². The molecule has 4 rings (SSSR count). The Balaban J connectivity index is 1.95. The smallest absolute Gasteiger partial charge is 0.275 e. The molecule has 4 N–H and O–H groups in total. The number of pyridine rings is 1. The van der Waals surface area contributed by atoms with Gasteiger partial charge in [0.15, 0.2) is 0 Å². The molecule has 2 aromatic heterocycles. The van der Waals surface area contributed by atoms with Crippen LogP contribution >= 0.6 is 11.6 Å². The van der Waals surface area contributed by atoms with Crippen molar-refractivity contribution in [2.24, 2.45) is 16.6 Å². The number of methoxy groups -OCH3 is 1. The topological polar surface area (TPSA) is 162 Å². The lowest BCUT2D eigenvalue weighted by Crippen LogP contribution is -2.32. The number of anilines is 2. The van der Waals surface area contributed by atoms with E-state index in [-0.39, 0.29) is 22.5 Å². The van der Waals surface area contributed by atoms with Crippen molar-refractivity contribution >= 4 is 40.5 Å². The number of aromatic nitrogens is 3. The third-order valence-corrected chi connectivity index (χ3v) is 6.24. The van der Waals surface area contributed by atoms with Gasteiger partial charge in [-0.3, -0.25) is 14.5 Å². The molecule has 11 nitrogen and oxygen atoms in total. The fourth-order valence-electron chi connectivity index (χ4n) is 4.16. The van der Waals surface area contributed by atoms with Crippen LogP contribution in [0.4, 0.5) is 17.3 Å². The number of hydrogen-bond acceptors (Lipinski definition) is 9. The number of hydrogen-bond donors (Lipinski definition) is 3. The molecule has 0 spiro atoms. The Morgan fingerprint density at radius 1 is 1.32 bits per heavy atom. The first-order valence-electron chi connectivity index (χ1n) is 11.6. The Morgan fingerprint density at radius 2 is 2.03 bits per heavy atom. The number of nitrogens with one attached hydrogen (secondary N) is 2. The van der Waals surface area contributed by atoms with E-state index in [1.54, 1.807) is 31.3 Å². The quantitative estimate of drug-likeness (QED) is 0.389. The first-order chi connectivity index (χ1) is 18.2. The van der Waals surface area contributed by atoms with Crippen molar-refractivity contribution in [3.05, 3.63) is 80.5 Å². The zero-order valence-corrected chi connectivity index (χ0v) is 21.9. The Hall–Kier alpha value is -4.69. The highest BCUT2D eigenvalue weighted by atomic mass is 35.5. The number of benzene rings is 1. The van der Waals surface area contributed by atoms with Crippen LogP contribution in [0.3, 0.4) is 0 Å². The molecular formula is C26H25ClN8O3. The number of carbonyl (C=O) groups excluding carboxylic acids is 1. The molecule has 0 aliphatic carbocycles. The maximum Gasteiger partial charge on any atom is 0.275 e. The molecule has 0 bridgehead atoms. The fourth-order valence-corrected chi connectivity index (χ4v) is 4.33. The van der Waals surface area contributed by atoms with Gasteiger partial charge in [0.2, 0.25) is 11.8 Å². The highest BCUT2D eigenvalue weighted by Crippen LogP contribution is 2.42. The standard InChI is InChI=1S/C26H25ClN8O3/c1-13(2)21(33-18-12-32-26(30-3)34-24(18)38-4)19-20(29)25(37)35(16-9-17(27)23(36)31-11-16)22(19)15-7-5-14(10-28)6-8-15/h5-9,11-13,22H,29H2,1-4H3,(H,31,36)(H,30,32,34). The predicted molar refractivity (Wildman–Crippen MR) is 145 cm³/mol. The van der Waals surface area contributed by atoms with Crippen molar-refractivity contribution in [3.63, 3.8) is 0 Å². The molecular weight excluding hydrogens is 508 g/mol. The molecule has 3 aromatic rings. The summed E-state index contributed by atoms with van der Waals surface area (Å²) in [5.41, 5.74) is 8.81. The van der Waals surface area contributed by atoms with Gasteiger partial charge in [-0.15, -0.1) is 0 Å². The van der Waals surface area contributed by atoms with Crippen LogP contribution in [0.1, 0.15) is 31.0 Å². The van der Waals surface area contributed by atoms with Gasteiger partial charge in [-0.2, -0.15) is 10.2 Å². The molecule has 3 heterocycles. The van der Waals surface area contributed by atoms with Gasteiger partial charge in [-0.05, 0) is 29.7 Å². The maximum absolute atomic E-state index is 13.6. The zero-order chi connectivity index (χ0) is 27.6. The van der Waals surface area contributed by atoms with Gasteiger partial charge in [0.1, 0.15) is 16.4 Å². The number of carbonyl (C=O) groups is 1. The minimum atomic E-state index is -0.734. The van der Waals surface area contributed by atoms with E-state index in [0.717, 1.165) is 0 Å². The molecule has 1 atom stereocenters. The molecule has 12 heteroatoms. The van der Waals surface area contributed by atoms with Crippen molar-refractivity contribution in [2.45, 2.75) is 19.9 Å². The van der Waals surface area contributed by atoms with Crippen molar-refractivity contribution in [1.82, 2.24) is 15.0 Å². The molecule has 0 saturated carbocycles. The third-order valence-electron chi connectivity index (χ3n) is 5.96. The number of ether oxygens (including phenoxy) is 1. The lowest BCUT2D eigenvalue weighted by Gasteiger charge is -2.28. The van der Waals surface area contributed by atoms with Crippen LogP contribution in [0.25, 0.3) is 0 Å². The minimum Gasteiger partial charge on any atom is -0.479 e. The van der Waals surface area contributed by atoms with Crippen molar-refractivity contribution in [2.75, 3.05) is 24.4 Å². The van der Waals surface area contributed by atoms with Gasteiger partial charge in [-0.1, -0.05) is 37.6 Å². The number of nitriles is 1. The summed E-state index contributed by atoms with van der Waals surface area (Å²) < 4.78 is 5.43. The summed E-state index contributed by atoms with van der Waals surface area (Å²) in [6, 6.07) is 9.58. The largest absolute Gasteiger partial charge is 0.479 e. The molecule has 1 aliphatic heterocycles. The number of halogens is 1. The van der Waals surface area contributed by atoms with Crippen LogP contribution in [-0.4, -0.2) is 40.7 Å². The molecule has 0 fully saturated rings. The van der Waals surface area contributed by atoms with Crippen LogP contribution in [0.15, 0.2) is 63.8 Å². The Morgan fingerprint density at radius 3 is 2.61 bits per heavy atom. The maximum atomic E-state index is 13.6. The second-order valence-corrected chi connectivity index (χ2v) is 9.07. The van der Waals surface area contributed by atoms with Gasteiger partial charge in [0.25, 0.3) is 11.5 Å². The van der Waals surface area contributed by atoms with Crippen molar-refractivity contribution in [3.8, 4) is 11.9 Å². The number of aliphatic imine (C=N–C) groups is 1.